The summed E-state index contributed by atoms with van der Waals surface area (Å²) in [5, 5.41) is 0. The Morgan fingerprint density at radius 1 is 1.09 bits per heavy atom. The second kappa shape index (κ2) is 9.87. The summed E-state index contributed by atoms with van der Waals surface area (Å²) in [6, 6.07) is 3.57. The Kier molecular flexibility index (Phi) is 7.33. The molecule has 3 fully saturated rings. The Balaban J connectivity index is 1.31. The van der Waals surface area contributed by atoms with Crippen LogP contribution in [0.15, 0.2) is 23.2 Å². The van der Waals surface area contributed by atoms with Crippen molar-refractivity contribution >= 4 is 15.8 Å². The lowest BCUT2D eigenvalue weighted by atomic mass is 9.97. The van der Waals surface area contributed by atoms with Crippen molar-refractivity contribution in [3.05, 3.63) is 18.3 Å². The fourth-order valence-electron chi connectivity index (χ4n) is 4.93. The van der Waals surface area contributed by atoms with Crippen LogP contribution in [-0.2, 0) is 14.8 Å². The number of rotatable bonds is 6. The number of anilines is 1. The van der Waals surface area contributed by atoms with E-state index in [-0.39, 0.29) is 30.8 Å². The van der Waals surface area contributed by atoms with Gasteiger partial charge in [-0.3, -0.25) is 0 Å². The van der Waals surface area contributed by atoms with E-state index in [9.17, 15) is 17.2 Å². The molecule has 1 aromatic heterocycles. The van der Waals surface area contributed by atoms with E-state index in [1.54, 1.807) is 21.3 Å². The Morgan fingerprint density at radius 3 is 2.34 bits per heavy atom. The second-order valence-corrected chi connectivity index (χ2v) is 11.3. The van der Waals surface area contributed by atoms with Crippen LogP contribution in [0.3, 0.4) is 0 Å². The Labute approximate surface area is 189 Å². The molecule has 0 aliphatic carbocycles. The first-order valence-electron chi connectivity index (χ1n) is 11.6. The molecule has 0 spiro atoms. The molecule has 0 unspecified atom stereocenters. The third kappa shape index (κ3) is 5.58. The Morgan fingerprint density at radius 2 is 1.75 bits per heavy atom. The summed E-state index contributed by atoms with van der Waals surface area (Å²) in [7, 11) is -1.46. The lowest BCUT2D eigenvalue weighted by Gasteiger charge is -2.38. The van der Waals surface area contributed by atoms with Crippen molar-refractivity contribution in [2.75, 3.05) is 57.9 Å². The minimum absolute atomic E-state index is 0.164. The molecule has 3 saturated heterocycles. The number of hydrogen-bond donors (Lipinski definition) is 0. The number of ether oxygens (including phenoxy) is 1. The van der Waals surface area contributed by atoms with Gasteiger partial charge in [0.05, 0.1) is 0 Å². The summed E-state index contributed by atoms with van der Waals surface area (Å²) in [5.74, 6) is -1.41. The van der Waals surface area contributed by atoms with E-state index in [4.69, 9.17) is 4.74 Å². The lowest BCUT2D eigenvalue weighted by molar-refractivity contribution is -0.0221. The maximum Gasteiger partial charge on any atom is 0.251 e. The van der Waals surface area contributed by atoms with Crippen molar-refractivity contribution in [1.29, 1.82) is 0 Å². The first kappa shape index (κ1) is 23.8. The van der Waals surface area contributed by atoms with E-state index in [0.29, 0.717) is 30.9 Å². The van der Waals surface area contributed by atoms with Crippen molar-refractivity contribution in [1.82, 2.24) is 14.2 Å². The summed E-state index contributed by atoms with van der Waals surface area (Å²) in [6.45, 7) is 4.15. The summed E-state index contributed by atoms with van der Waals surface area (Å²) in [4.78, 5) is 8.61. The minimum atomic E-state index is -3.61. The van der Waals surface area contributed by atoms with Gasteiger partial charge in [-0.25, -0.2) is 22.2 Å². The van der Waals surface area contributed by atoms with E-state index in [1.165, 1.54) is 6.20 Å². The highest BCUT2D eigenvalue weighted by molar-refractivity contribution is 7.89. The van der Waals surface area contributed by atoms with Gasteiger partial charge in [0.25, 0.3) is 5.92 Å². The summed E-state index contributed by atoms with van der Waals surface area (Å²) < 4.78 is 59.9. The highest BCUT2D eigenvalue weighted by Gasteiger charge is 2.35. The predicted octanol–water partition coefficient (Wildman–Crippen LogP) is 2.83. The van der Waals surface area contributed by atoms with Crippen molar-refractivity contribution in [2.45, 2.75) is 55.4 Å². The molecule has 0 saturated carbocycles. The quantitative estimate of drug-likeness (QED) is 0.635. The fraction of sp³-hybridized carbons (Fsp3) is 0.773. The first-order valence-corrected chi connectivity index (χ1v) is 13.1. The molecule has 0 amide bonds. The molecule has 4 rings (SSSR count). The van der Waals surface area contributed by atoms with E-state index in [2.05, 4.69) is 16.9 Å². The zero-order valence-corrected chi connectivity index (χ0v) is 19.6. The van der Waals surface area contributed by atoms with Gasteiger partial charge in [0.15, 0.2) is 0 Å². The zero-order chi connectivity index (χ0) is 22.8. The molecule has 180 valence electrons. The molecule has 7 nitrogen and oxygen atoms in total. The Hall–Kier alpha value is -1.36. The van der Waals surface area contributed by atoms with Crippen LogP contribution in [0.25, 0.3) is 0 Å². The smallest absolute Gasteiger partial charge is 0.251 e. The lowest BCUT2D eigenvalue weighted by Crippen LogP contribution is -2.46. The van der Waals surface area contributed by atoms with Gasteiger partial charge in [-0.15, -0.1) is 0 Å². The van der Waals surface area contributed by atoms with Crippen LogP contribution in [0, 0.1) is 5.92 Å². The number of piperidine rings is 2. The third-order valence-corrected chi connectivity index (χ3v) is 8.99. The van der Waals surface area contributed by atoms with Gasteiger partial charge in [-0.2, -0.15) is 4.31 Å². The highest BCUT2D eigenvalue weighted by Crippen LogP contribution is 2.30. The topological polar surface area (TPSA) is 66.0 Å². The number of pyridine rings is 1. The number of alkyl halides is 2. The molecule has 1 aromatic rings. The monoisotopic (exact) mass is 472 g/mol. The minimum Gasteiger partial charge on any atom is -0.381 e. The highest BCUT2D eigenvalue weighted by atomic mass is 32.2. The van der Waals surface area contributed by atoms with Gasteiger partial charge in [-0.1, -0.05) is 0 Å². The molecule has 0 bridgehead atoms. The van der Waals surface area contributed by atoms with Gasteiger partial charge < -0.3 is 14.5 Å². The van der Waals surface area contributed by atoms with Crippen LogP contribution < -0.4 is 4.90 Å². The number of halogens is 2. The molecule has 0 atom stereocenters. The summed E-state index contributed by atoms with van der Waals surface area (Å²) >= 11 is 0. The number of hydrogen-bond acceptors (Lipinski definition) is 6. The first-order chi connectivity index (χ1) is 15.2. The molecule has 10 heteroatoms. The van der Waals surface area contributed by atoms with Crippen molar-refractivity contribution in [3.8, 4) is 0 Å². The van der Waals surface area contributed by atoms with Crippen LogP contribution in [0.4, 0.5) is 14.6 Å². The number of nitrogens with zero attached hydrogens (tertiary/aromatic N) is 4. The SMILES string of the molecule is CN(CC1CCOCC1)C1CCN(S(=O)(=O)c2ccc(N3CCC(F)(F)CC3)nc2)CC1. The van der Waals surface area contributed by atoms with Crippen molar-refractivity contribution < 1.29 is 21.9 Å². The van der Waals surface area contributed by atoms with Gasteiger partial charge in [-0.05, 0) is 50.8 Å². The van der Waals surface area contributed by atoms with E-state index >= 15 is 0 Å². The van der Waals surface area contributed by atoms with Crippen LogP contribution in [0.2, 0.25) is 0 Å². The largest absolute Gasteiger partial charge is 0.381 e. The number of sulfonamides is 1. The molecule has 4 heterocycles. The molecular formula is C22H34F2N4O3S. The molecule has 3 aliphatic rings. The van der Waals surface area contributed by atoms with E-state index in [1.807, 2.05) is 0 Å². The molecule has 0 N–H and O–H groups in total. The average molecular weight is 473 g/mol. The molecule has 0 radical (unpaired) electrons. The van der Waals surface area contributed by atoms with Crippen LogP contribution in [-0.4, -0.2) is 87.6 Å². The number of aromatic nitrogens is 1. The van der Waals surface area contributed by atoms with Gasteiger partial charge in [0.1, 0.15) is 10.7 Å². The summed E-state index contributed by atoms with van der Waals surface area (Å²) in [5.41, 5.74) is 0. The normalized spacial score (nSPS) is 24.2. The van der Waals surface area contributed by atoms with E-state index in [0.717, 1.165) is 45.4 Å². The van der Waals surface area contributed by atoms with E-state index < -0.39 is 15.9 Å². The van der Waals surface area contributed by atoms with Crippen LogP contribution in [0.1, 0.15) is 38.5 Å². The van der Waals surface area contributed by atoms with Gasteiger partial charge in [0.2, 0.25) is 10.0 Å². The molecular weight excluding hydrogens is 438 g/mol. The molecule has 0 aromatic carbocycles. The van der Waals surface area contributed by atoms with Crippen molar-refractivity contribution in [2.24, 2.45) is 5.92 Å². The van der Waals surface area contributed by atoms with Crippen LogP contribution in [0.5, 0.6) is 0 Å². The summed E-state index contributed by atoms with van der Waals surface area (Å²) in [6.07, 6.45) is 4.78. The maximum absolute atomic E-state index is 13.4. The zero-order valence-electron chi connectivity index (χ0n) is 18.8. The standard InChI is InChI=1S/C22H34F2N4O3S/c1-26(17-18-6-14-31-15-7-18)19-4-10-28(11-5-19)32(29,30)20-2-3-21(25-16-20)27-12-8-22(23,24)9-13-27/h2-3,16,18-19H,4-15,17H2,1H3. The van der Waals surface area contributed by atoms with Gasteiger partial charge in [0, 0.05) is 71.0 Å². The Bertz CT molecular complexity index is 844. The van der Waals surface area contributed by atoms with Crippen molar-refractivity contribution in [3.63, 3.8) is 0 Å². The second-order valence-electron chi connectivity index (χ2n) is 9.33. The maximum atomic E-state index is 13.4. The molecule has 32 heavy (non-hydrogen) atoms. The van der Waals surface area contributed by atoms with Gasteiger partial charge >= 0.3 is 0 Å². The predicted molar refractivity (Wildman–Crippen MR) is 119 cm³/mol. The third-order valence-electron chi connectivity index (χ3n) is 7.11. The molecule has 3 aliphatic heterocycles. The van der Waals surface area contributed by atoms with Crippen LogP contribution >= 0.6 is 0 Å². The average Bonchev–Trinajstić information content (AvgIpc) is 2.80. The fourth-order valence-corrected chi connectivity index (χ4v) is 6.35.